The monoisotopic (exact) mass is 493 g/mol. The van der Waals surface area contributed by atoms with E-state index in [1.165, 1.54) is 11.6 Å². The molecule has 4 N–H and O–H groups in total. The van der Waals surface area contributed by atoms with Crippen molar-refractivity contribution in [2.24, 2.45) is 7.05 Å². The van der Waals surface area contributed by atoms with Crippen molar-refractivity contribution < 1.29 is 19.7 Å². The number of aromatic nitrogens is 4. The Bertz CT molecular complexity index is 1490. The molecule has 4 aromatic rings. The summed E-state index contributed by atoms with van der Waals surface area (Å²) in [6.07, 6.45) is -0.926. The lowest BCUT2D eigenvalue weighted by molar-refractivity contribution is -0.137. The molecule has 0 fully saturated rings. The maximum Gasteiger partial charge on any atom is 0.329 e. The van der Waals surface area contributed by atoms with Crippen LogP contribution in [0.4, 0.5) is 5.95 Å². The topological polar surface area (TPSA) is 151 Å². The van der Waals surface area contributed by atoms with Gasteiger partial charge in [0.15, 0.2) is 11.2 Å². The second kappa shape index (κ2) is 10.5. The van der Waals surface area contributed by atoms with Gasteiger partial charge in [-0.25, -0.2) is 9.59 Å². The number of aliphatic carboxylic acids is 1. The number of carbonyl (C=O) groups is 1. The highest BCUT2D eigenvalue weighted by atomic mass is 16.5. The van der Waals surface area contributed by atoms with Crippen molar-refractivity contribution in [3.63, 3.8) is 0 Å². The highest BCUT2D eigenvalue weighted by Crippen LogP contribution is 2.20. The maximum atomic E-state index is 12.7. The Kier molecular flexibility index (Phi) is 7.20. The van der Waals surface area contributed by atoms with Crippen molar-refractivity contribution in [3.05, 3.63) is 86.6 Å². The van der Waals surface area contributed by atoms with Gasteiger partial charge in [-0.1, -0.05) is 48.5 Å². The van der Waals surface area contributed by atoms with Crippen LogP contribution >= 0.6 is 0 Å². The van der Waals surface area contributed by atoms with E-state index in [9.17, 15) is 24.6 Å². The molecule has 0 aliphatic carbocycles. The zero-order valence-electron chi connectivity index (χ0n) is 19.8. The smallest absolute Gasteiger partial charge is 0.329 e. The number of carboxylic acids is 1. The fourth-order valence-corrected chi connectivity index (χ4v) is 3.90. The molecule has 0 saturated heterocycles. The van der Waals surface area contributed by atoms with Gasteiger partial charge in [-0.05, 0) is 24.1 Å². The van der Waals surface area contributed by atoms with E-state index in [1.807, 2.05) is 55.5 Å². The SMILES string of the molecule is Cc1ccccc1OC[C@@H](O)Cn1c(N[C@H](Cc2ccccc2)C(=O)O)nc2c1c(=O)[nH]c(=O)n2C. The number of anilines is 1. The molecule has 0 unspecified atom stereocenters. The quantitative estimate of drug-likeness (QED) is 0.258. The number of rotatable bonds is 10. The molecule has 4 rings (SSSR count). The maximum absolute atomic E-state index is 12.7. The van der Waals surface area contributed by atoms with Crippen LogP contribution in [0.1, 0.15) is 11.1 Å². The number of nitrogens with one attached hydrogen (secondary N) is 2. The van der Waals surface area contributed by atoms with E-state index in [-0.39, 0.29) is 36.7 Å². The minimum Gasteiger partial charge on any atom is -0.491 e. The molecule has 0 bridgehead atoms. The van der Waals surface area contributed by atoms with Crippen LogP contribution in [-0.2, 0) is 24.8 Å². The lowest BCUT2D eigenvalue weighted by Crippen LogP contribution is -2.34. The number of aliphatic hydroxyl groups excluding tert-OH is 1. The predicted molar refractivity (Wildman–Crippen MR) is 133 cm³/mol. The Balaban J connectivity index is 1.67. The van der Waals surface area contributed by atoms with Crippen LogP contribution in [0.2, 0.25) is 0 Å². The van der Waals surface area contributed by atoms with Crippen LogP contribution in [0.5, 0.6) is 5.75 Å². The Morgan fingerprint density at radius 2 is 1.83 bits per heavy atom. The van der Waals surface area contributed by atoms with E-state index in [1.54, 1.807) is 6.07 Å². The summed E-state index contributed by atoms with van der Waals surface area (Å²) >= 11 is 0. The second-order valence-corrected chi connectivity index (χ2v) is 8.49. The summed E-state index contributed by atoms with van der Waals surface area (Å²) in [4.78, 5) is 43.5. The molecular weight excluding hydrogens is 466 g/mol. The number of aryl methyl sites for hydroxylation is 2. The molecule has 36 heavy (non-hydrogen) atoms. The van der Waals surface area contributed by atoms with Crippen molar-refractivity contribution in [1.29, 1.82) is 0 Å². The Morgan fingerprint density at radius 1 is 1.14 bits per heavy atom. The first kappa shape index (κ1) is 24.7. The fourth-order valence-electron chi connectivity index (χ4n) is 3.90. The van der Waals surface area contributed by atoms with Gasteiger partial charge in [0.1, 0.15) is 24.5 Å². The molecule has 0 saturated carbocycles. The third kappa shape index (κ3) is 5.31. The number of benzene rings is 2. The summed E-state index contributed by atoms with van der Waals surface area (Å²) in [6, 6.07) is 15.3. The number of carboxylic acid groups (broad SMARTS) is 1. The zero-order chi connectivity index (χ0) is 25.8. The third-order valence-electron chi connectivity index (χ3n) is 5.81. The van der Waals surface area contributed by atoms with Gasteiger partial charge in [-0.2, -0.15) is 4.98 Å². The average Bonchev–Trinajstić information content (AvgIpc) is 3.20. The van der Waals surface area contributed by atoms with E-state index in [4.69, 9.17) is 4.74 Å². The van der Waals surface area contributed by atoms with Crippen LogP contribution < -0.4 is 21.3 Å². The van der Waals surface area contributed by atoms with Crippen LogP contribution in [-0.4, -0.2) is 54.0 Å². The second-order valence-electron chi connectivity index (χ2n) is 8.49. The molecule has 0 radical (unpaired) electrons. The van der Waals surface area contributed by atoms with E-state index < -0.39 is 29.4 Å². The summed E-state index contributed by atoms with van der Waals surface area (Å²) < 4.78 is 8.26. The first-order valence-electron chi connectivity index (χ1n) is 11.3. The molecular formula is C25H27N5O6. The first-order valence-corrected chi connectivity index (χ1v) is 11.3. The molecule has 2 aromatic carbocycles. The number of hydrogen-bond donors (Lipinski definition) is 4. The number of aromatic amines is 1. The summed E-state index contributed by atoms with van der Waals surface area (Å²) in [6.45, 7) is 1.66. The predicted octanol–water partition coefficient (Wildman–Crippen LogP) is 1.28. The molecule has 0 aliphatic heterocycles. The summed E-state index contributed by atoms with van der Waals surface area (Å²) in [5.74, 6) is -0.474. The van der Waals surface area contributed by atoms with Crippen molar-refractivity contribution in [2.45, 2.75) is 32.0 Å². The summed E-state index contributed by atoms with van der Waals surface area (Å²) in [5.41, 5.74) is 0.413. The molecule has 0 spiro atoms. The number of H-pyrrole nitrogens is 1. The molecule has 188 valence electrons. The van der Waals surface area contributed by atoms with E-state index in [2.05, 4.69) is 15.3 Å². The molecule has 2 aromatic heterocycles. The number of hydrogen-bond acceptors (Lipinski definition) is 7. The van der Waals surface area contributed by atoms with Gasteiger partial charge in [-0.15, -0.1) is 0 Å². The lowest BCUT2D eigenvalue weighted by Gasteiger charge is -2.19. The highest BCUT2D eigenvalue weighted by molar-refractivity contribution is 5.79. The lowest BCUT2D eigenvalue weighted by atomic mass is 10.1. The number of imidazole rings is 1. The van der Waals surface area contributed by atoms with Gasteiger partial charge in [0.25, 0.3) is 5.56 Å². The normalized spacial score (nSPS) is 12.9. The number of fused-ring (bicyclic) bond motifs is 1. The van der Waals surface area contributed by atoms with Crippen molar-refractivity contribution in [2.75, 3.05) is 11.9 Å². The van der Waals surface area contributed by atoms with Crippen molar-refractivity contribution >= 4 is 23.1 Å². The van der Waals surface area contributed by atoms with Gasteiger partial charge >= 0.3 is 11.7 Å². The van der Waals surface area contributed by atoms with Crippen LogP contribution in [0.25, 0.3) is 11.2 Å². The molecule has 2 atom stereocenters. The van der Waals surface area contributed by atoms with Gasteiger partial charge in [0.2, 0.25) is 5.95 Å². The summed E-state index contributed by atoms with van der Waals surface area (Å²) in [5, 5.41) is 23.5. The van der Waals surface area contributed by atoms with E-state index in [0.29, 0.717) is 5.75 Å². The molecule has 0 aliphatic rings. The molecule has 0 amide bonds. The minimum absolute atomic E-state index is 0.0263. The molecule has 11 heteroatoms. The number of aliphatic hydroxyl groups is 1. The van der Waals surface area contributed by atoms with Crippen molar-refractivity contribution in [3.8, 4) is 5.75 Å². The number of ether oxygens (including phenoxy) is 1. The van der Waals surface area contributed by atoms with E-state index in [0.717, 1.165) is 15.7 Å². The minimum atomic E-state index is -1.12. The van der Waals surface area contributed by atoms with Crippen LogP contribution in [0.3, 0.4) is 0 Å². The average molecular weight is 494 g/mol. The van der Waals surface area contributed by atoms with Crippen LogP contribution in [0, 0.1) is 6.92 Å². The third-order valence-corrected chi connectivity index (χ3v) is 5.81. The molecule has 2 heterocycles. The highest BCUT2D eigenvalue weighted by Gasteiger charge is 2.25. The first-order chi connectivity index (χ1) is 17.2. The van der Waals surface area contributed by atoms with Gasteiger partial charge in [0, 0.05) is 13.5 Å². The Labute approximate surface area is 205 Å². The van der Waals surface area contributed by atoms with Gasteiger partial charge in [0.05, 0.1) is 6.54 Å². The largest absolute Gasteiger partial charge is 0.491 e. The van der Waals surface area contributed by atoms with Crippen molar-refractivity contribution in [1.82, 2.24) is 19.1 Å². The fraction of sp³-hybridized carbons (Fsp3) is 0.280. The van der Waals surface area contributed by atoms with Gasteiger partial charge < -0.3 is 24.8 Å². The van der Waals surface area contributed by atoms with Crippen LogP contribution in [0.15, 0.2) is 64.2 Å². The Morgan fingerprint density at radius 3 is 2.53 bits per heavy atom. The number of nitrogens with zero attached hydrogens (tertiary/aromatic N) is 3. The summed E-state index contributed by atoms with van der Waals surface area (Å²) in [7, 11) is 1.44. The van der Waals surface area contributed by atoms with E-state index >= 15 is 0 Å². The Hall–Kier alpha value is -4.38. The zero-order valence-corrected chi connectivity index (χ0v) is 19.8. The standard InChI is InChI=1S/C25H27N5O6/c1-15-8-6-7-11-19(15)36-14-17(31)13-30-20-21(29(2)25(35)28-22(20)32)27-24(30)26-18(23(33)34)12-16-9-4-3-5-10-16/h3-11,17-18,31H,12-14H2,1-2H3,(H,26,27)(H,33,34)(H,28,32,35)/t17-,18+/m0/s1. The van der Waals surface area contributed by atoms with Gasteiger partial charge in [-0.3, -0.25) is 14.3 Å². The molecule has 11 nitrogen and oxygen atoms in total. The number of para-hydroxylation sites is 1.